The van der Waals surface area contributed by atoms with Gasteiger partial charge < -0.3 is 62.2 Å². The summed E-state index contributed by atoms with van der Waals surface area (Å²) in [5.74, 6) is 0.0690. The molecule has 6 aliphatic heterocycles. The molecule has 4 fully saturated rings. The van der Waals surface area contributed by atoms with E-state index in [1.165, 1.54) is 69.0 Å². The zero-order valence-electron chi connectivity index (χ0n) is 64.2. The van der Waals surface area contributed by atoms with Gasteiger partial charge in [0.15, 0.2) is 28.3 Å². The molecule has 7 aromatic rings. The number of nitrogens with zero attached hydrogens (tertiary/aromatic N) is 2. The van der Waals surface area contributed by atoms with Crippen LogP contribution in [0.5, 0.6) is 23.1 Å². The molecule has 6 aliphatic rings. The van der Waals surface area contributed by atoms with Crippen LogP contribution in [0.1, 0.15) is 106 Å². The Kier molecular flexibility index (Phi) is 35.9. The number of benzene rings is 6. The number of aromatic nitrogens is 1. The van der Waals surface area contributed by atoms with Crippen molar-refractivity contribution in [3.8, 4) is 34.3 Å². The van der Waals surface area contributed by atoms with E-state index < -0.39 is 58.4 Å². The molecule has 0 spiro atoms. The summed E-state index contributed by atoms with van der Waals surface area (Å²) in [7, 11) is -2.95. The van der Waals surface area contributed by atoms with Crippen molar-refractivity contribution in [2.75, 3.05) is 59.8 Å². The van der Waals surface area contributed by atoms with Crippen LogP contribution in [0.15, 0.2) is 169 Å². The second-order valence-corrected chi connectivity index (χ2v) is 34.1. The molecule has 13 rings (SSSR count). The Bertz CT molecular complexity index is 4260. The first-order valence-corrected chi connectivity index (χ1v) is 40.3. The first-order valence-electron chi connectivity index (χ1n) is 35.6. The molecule has 3 atom stereocenters. The molecule has 23 nitrogen and oxygen atoms in total. The number of aryl methyl sites for hydroxylation is 4. The molecule has 0 aliphatic carbocycles. The molecule has 594 valence electrons. The standard InChI is InChI=1S/C26H29BO3.C13H17BrO2.C12H18BrNO2.C11H12BNO5.C11H15BO3.2C3H2ClNO2S/c1-19-7-5-8-20(2)25(19)22-10-6-9-21(15-22)16-28-24-13-11-23(12-14-24)27-29-17-26(3,4)18-30-27;1-10-11(5-4-6-12(10)14)9-16-13-7-2-3-8-15-13;1-8-7-10(14-9(2)11(8)13)16-6-5-12(3,4)15;1-13-6-10(15)17-12(18-11(16)7-13)8-2-4-9(14)5-3-8;1-11(2)7-14-12(15-8-11)9-3-5-10(13)6-4-9;2*4-2-1-3(6)5-8(2)7/h5-15H,16-18H2,1-4H3;4-6,13H,2-3,7-9H2,1H3;7,15H,5-6H2,1-4H3;2-5,14H,6-7H2,1H3;3-6,13H,7-8H2,1-2H3;2*1H,(H,5,6). The number of hydrogen-bond acceptors (Lipinski definition) is 21. The van der Waals surface area contributed by atoms with Crippen LogP contribution < -0.4 is 35.3 Å². The second-order valence-electron chi connectivity index (χ2n) is 28.8. The highest BCUT2D eigenvalue weighted by Crippen LogP contribution is 2.30. The van der Waals surface area contributed by atoms with Crippen molar-refractivity contribution in [2.24, 2.45) is 10.8 Å². The molecule has 6 aromatic carbocycles. The molecule has 0 radical (unpaired) electrons. The highest BCUT2D eigenvalue weighted by molar-refractivity contribution is 9.10. The number of amides is 2. The van der Waals surface area contributed by atoms with Gasteiger partial charge in [-0.05, 0) is 195 Å². The molecule has 32 heteroatoms. The maximum Gasteiger partial charge on any atom is 0.636 e. The summed E-state index contributed by atoms with van der Waals surface area (Å²) in [6.07, 6.45) is 6.16. The zero-order valence-corrected chi connectivity index (χ0v) is 70.6. The molecule has 0 saturated carbocycles. The number of halogens is 4. The fourth-order valence-corrected chi connectivity index (χ4v) is 12.9. The minimum absolute atomic E-state index is 0.00729. The zero-order chi connectivity index (χ0) is 81.2. The van der Waals surface area contributed by atoms with Gasteiger partial charge in [0.2, 0.25) is 5.88 Å². The number of aromatic hydroxyl groups is 2. The quantitative estimate of drug-likeness (QED) is 0.0632. The average Bonchev–Trinajstić information content (AvgIpc) is 1.12. The van der Waals surface area contributed by atoms with E-state index >= 15 is 0 Å². The number of pyridine rings is 1. The third kappa shape index (κ3) is 31.6. The van der Waals surface area contributed by atoms with Gasteiger partial charge in [-0.3, -0.25) is 33.5 Å². The van der Waals surface area contributed by atoms with Gasteiger partial charge >= 0.3 is 33.3 Å². The van der Waals surface area contributed by atoms with E-state index in [2.05, 4.69) is 149 Å². The normalized spacial score (nSPS) is 18.5. The molecular formula is C79H95B3Br2Cl2N4O19S2. The van der Waals surface area contributed by atoms with E-state index in [1.807, 2.05) is 62.4 Å². The van der Waals surface area contributed by atoms with Gasteiger partial charge in [-0.1, -0.05) is 152 Å². The molecule has 1 aromatic heterocycles. The summed E-state index contributed by atoms with van der Waals surface area (Å²) in [5, 5.41) is 27.9. The number of carbonyl (C=O) groups is 4. The molecule has 4 saturated heterocycles. The number of nitrogens with one attached hydrogen (secondary N) is 2. The van der Waals surface area contributed by atoms with Crippen LogP contribution in [0.4, 0.5) is 0 Å². The molecular weight excluding hydrogens is 1640 g/mol. The van der Waals surface area contributed by atoms with Crippen molar-refractivity contribution in [1.82, 2.24) is 19.3 Å². The van der Waals surface area contributed by atoms with Crippen molar-refractivity contribution in [3.05, 3.63) is 208 Å². The number of rotatable bonds is 14. The van der Waals surface area contributed by atoms with Crippen LogP contribution in [0.3, 0.4) is 0 Å². The molecule has 5 N–H and O–H groups in total. The van der Waals surface area contributed by atoms with E-state index in [-0.39, 0.29) is 64.7 Å². The Morgan fingerprint density at radius 1 is 0.631 bits per heavy atom. The van der Waals surface area contributed by atoms with Crippen molar-refractivity contribution < 1.29 is 89.8 Å². The van der Waals surface area contributed by atoms with Crippen LogP contribution in [0.25, 0.3) is 11.1 Å². The number of likely N-dealkylation sites (N-methyl/N-ethyl adjacent to an activating group) is 1. The van der Waals surface area contributed by atoms with Gasteiger partial charge in [-0.2, -0.15) is 0 Å². The van der Waals surface area contributed by atoms with Gasteiger partial charge in [0.25, 0.3) is 11.8 Å². The molecule has 111 heavy (non-hydrogen) atoms. The van der Waals surface area contributed by atoms with E-state index in [9.17, 15) is 37.8 Å². The third-order valence-electron chi connectivity index (χ3n) is 16.8. The Morgan fingerprint density at radius 2 is 1.12 bits per heavy atom. The average molecular weight is 1730 g/mol. The highest BCUT2D eigenvalue weighted by Gasteiger charge is 2.36. The summed E-state index contributed by atoms with van der Waals surface area (Å²) in [6.45, 7) is 27.7. The minimum Gasteiger partial charge on any atom is -0.508 e. The lowest BCUT2D eigenvalue weighted by atomic mass is 9.76. The van der Waals surface area contributed by atoms with Gasteiger partial charge in [-0.25, -0.2) is 13.4 Å². The number of phenols is 2. The largest absolute Gasteiger partial charge is 0.636 e. The summed E-state index contributed by atoms with van der Waals surface area (Å²) in [4.78, 5) is 49.2. The Labute approximate surface area is 683 Å². The van der Waals surface area contributed by atoms with Crippen LogP contribution >= 0.6 is 55.1 Å². The molecule has 7 heterocycles. The van der Waals surface area contributed by atoms with Gasteiger partial charge in [0.1, 0.15) is 32.6 Å². The Balaban J connectivity index is 0.000000187. The summed E-state index contributed by atoms with van der Waals surface area (Å²) in [5.41, 5.74) is 12.7. The highest BCUT2D eigenvalue weighted by atomic mass is 79.9. The van der Waals surface area contributed by atoms with Crippen molar-refractivity contribution in [2.45, 2.75) is 127 Å². The van der Waals surface area contributed by atoms with Crippen molar-refractivity contribution in [1.29, 1.82) is 0 Å². The fraction of sp³-hybridized carbons (Fsp3) is 0.380. The SMILES string of the molecule is CC1(C)COB(c2ccc(O)cc2)OC1.CN1CC(=O)OB(c2ccc(O)cc2)OC(=O)C1.Cc1c(Br)cccc1COC1CCCCO1.Cc1cc(OCCC(C)(C)O)nc(C)c1Br.Cc1cccc(C)c1-c1cccc(COc2ccc(B3OCC(C)(C)CO3)cc2)c1.O=C1C=C(Cl)S(=O)N1.O=C1C=C(Cl)S(=O)N1. The Morgan fingerprint density at radius 3 is 1.57 bits per heavy atom. The lowest BCUT2D eigenvalue weighted by Crippen LogP contribution is -2.47. The van der Waals surface area contributed by atoms with Gasteiger partial charge in [0.05, 0.1) is 37.6 Å². The third-order valence-corrected chi connectivity index (χ3v) is 21.6. The fourth-order valence-electron chi connectivity index (χ4n) is 10.7. The monoisotopic (exact) mass is 1730 g/mol. The van der Waals surface area contributed by atoms with E-state index in [4.69, 9.17) is 75.2 Å². The maximum atomic E-state index is 11.5. The number of hydrogen-bond donors (Lipinski definition) is 5. The van der Waals surface area contributed by atoms with Crippen molar-refractivity contribution >= 4 is 139 Å². The summed E-state index contributed by atoms with van der Waals surface area (Å²) < 4.78 is 83.1. The number of carbonyl (C=O) groups excluding carboxylic acids is 4. The van der Waals surface area contributed by atoms with Crippen LogP contribution in [0.2, 0.25) is 0 Å². The minimum atomic E-state index is -1.47. The van der Waals surface area contributed by atoms with Crippen LogP contribution in [-0.2, 0) is 91.8 Å². The van der Waals surface area contributed by atoms with Crippen LogP contribution in [-0.4, -0.2) is 150 Å². The van der Waals surface area contributed by atoms with Gasteiger partial charge in [-0.15, -0.1) is 0 Å². The number of ether oxygens (including phenoxy) is 4. The first-order chi connectivity index (χ1) is 52.5. The van der Waals surface area contributed by atoms with Gasteiger partial charge in [0, 0.05) is 82.9 Å². The molecule has 2 amide bonds. The van der Waals surface area contributed by atoms with Crippen LogP contribution in [0, 0.1) is 45.4 Å². The summed E-state index contributed by atoms with van der Waals surface area (Å²) in [6, 6.07) is 44.0. The first kappa shape index (κ1) is 90.9. The predicted molar refractivity (Wildman–Crippen MR) is 441 cm³/mol. The summed E-state index contributed by atoms with van der Waals surface area (Å²) >= 11 is 17.5. The second kappa shape index (κ2) is 43.8. The topological polar surface area (TPSA) is 296 Å². The van der Waals surface area contributed by atoms with Crippen molar-refractivity contribution in [3.63, 3.8) is 0 Å². The van der Waals surface area contributed by atoms with E-state index in [1.54, 1.807) is 33.0 Å². The van der Waals surface area contributed by atoms with E-state index in [0.717, 1.165) is 74.0 Å². The lowest BCUT2D eigenvalue weighted by Gasteiger charge is -2.33. The Hall–Kier alpha value is -7.26. The maximum absolute atomic E-state index is 11.5. The smallest absolute Gasteiger partial charge is 0.508 e. The lowest BCUT2D eigenvalue weighted by molar-refractivity contribution is -0.169. The predicted octanol–water partition coefficient (Wildman–Crippen LogP) is 12.1. The number of aliphatic hydroxyl groups is 1. The number of phenolic OH excluding ortho intramolecular Hbond substituents is 2. The van der Waals surface area contributed by atoms with E-state index in [0.29, 0.717) is 64.0 Å². The molecule has 3 unspecified atom stereocenters. The molecule has 0 bridgehead atoms.